The van der Waals surface area contributed by atoms with Crippen LogP contribution < -0.4 is 10.2 Å². The third-order valence-electron chi connectivity index (χ3n) is 4.09. The topological polar surface area (TPSA) is 78.7 Å². The lowest BCUT2D eigenvalue weighted by Gasteiger charge is -2.36. The third-order valence-corrected chi connectivity index (χ3v) is 4.41. The first-order valence-electron chi connectivity index (χ1n) is 7.84. The van der Waals surface area contributed by atoms with Crippen LogP contribution in [0.1, 0.15) is 0 Å². The first kappa shape index (κ1) is 17.0. The summed E-state index contributed by atoms with van der Waals surface area (Å²) in [6.07, 6.45) is 0. The number of nitrogens with one attached hydrogen (secondary N) is 1. The fourth-order valence-electron chi connectivity index (χ4n) is 2.73. The first-order chi connectivity index (χ1) is 12.0. The van der Waals surface area contributed by atoms with Crippen molar-refractivity contribution in [3.63, 3.8) is 0 Å². The van der Waals surface area contributed by atoms with E-state index in [0.717, 1.165) is 5.69 Å². The van der Waals surface area contributed by atoms with Crippen molar-refractivity contribution >= 4 is 34.7 Å². The maximum atomic E-state index is 12.3. The van der Waals surface area contributed by atoms with Gasteiger partial charge in [0.15, 0.2) is 0 Å². The van der Waals surface area contributed by atoms with Gasteiger partial charge in [0.2, 0.25) is 0 Å². The van der Waals surface area contributed by atoms with E-state index >= 15 is 0 Å². The summed E-state index contributed by atoms with van der Waals surface area (Å²) < 4.78 is 0. The number of para-hydroxylation sites is 1. The highest BCUT2D eigenvalue weighted by molar-refractivity contribution is 6.33. The Morgan fingerprint density at radius 2 is 1.68 bits per heavy atom. The minimum atomic E-state index is -0.473. The van der Waals surface area contributed by atoms with Crippen LogP contribution in [0.25, 0.3) is 0 Å². The van der Waals surface area contributed by atoms with E-state index in [4.69, 9.17) is 11.6 Å². The van der Waals surface area contributed by atoms with Crippen molar-refractivity contribution in [1.29, 1.82) is 0 Å². The van der Waals surface area contributed by atoms with Crippen molar-refractivity contribution in [3.8, 4) is 0 Å². The van der Waals surface area contributed by atoms with Crippen molar-refractivity contribution < 1.29 is 9.72 Å². The molecule has 1 heterocycles. The number of nitro benzene ring substituents is 1. The number of anilines is 2. The molecule has 0 unspecified atom stereocenters. The van der Waals surface area contributed by atoms with Crippen molar-refractivity contribution in [2.24, 2.45) is 0 Å². The Hall–Kier alpha value is -2.80. The summed E-state index contributed by atoms with van der Waals surface area (Å²) >= 11 is 6.22. The van der Waals surface area contributed by atoms with Crippen LogP contribution in [0.2, 0.25) is 5.02 Å². The second-order valence-electron chi connectivity index (χ2n) is 5.66. The fourth-order valence-corrected chi connectivity index (χ4v) is 2.98. The highest BCUT2D eigenvalue weighted by Gasteiger charge is 2.22. The van der Waals surface area contributed by atoms with Gasteiger partial charge in [-0.1, -0.05) is 23.7 Å². The monoisotopic (exact) mass is 360 g/mol. The number of hydrogen-bond acceptors (Lipinski definition) is 4. The van der Waals surface area contributed by atoms with Gasteiger partial charge in [0.05, 0.1) is 15.6 Å². The molecular weight excluding hydrogens is 344 g/mol. The van der Waals surface area contributed by atoms with Crippen LogP contribution in [0.4, 0.5) is 21.9 Å². The van der Waals surface area contributed by atoms with Gasteiger partial charge in [0, 0.05) is 44.0 Å². The van der Waals surface area contributed by atoms with Crippen molar-refractivity contribution in [2.45, 2.75) is 0 Å². The summed E-state index contributed by atoms with van der Waals surface area (Å²) in [5.41, 5.74) is 1.50. The van der Waals surface area contributed by atoms with Gasteiger partial charge in [0.1, 0.15) is 0 Å². The lowest BCUT2D eigenvalue weighted by molar-refractivity contribution is -0.384. The summed E-state index contributed by atoms with van der Waals surface area (Å²) in [6.45, 7) is 2.53. The van der Waals surface area contributed by atoms with Gasteiger partial charge in [-0.25, -0.2) is 4.79 Å². The average Bonchev–Trinajstić information content (AvgIpc) is 2.63. The van der Waals surface area contributed by atoms with Crippen LogP contribution in [0.5, 0.6) is 0 Å². The molecule has 0 aromatic heterocycles. The van der Waals surface area contributed by atoms with Crippen LogP contribution >= 0.6 is 11.6 Å². The molecule has 3 rings (SSSR count). The van der Waals surface area contributed by atoms with E-state index in [2.05, 4.69) is 10.2 Å². The van der Waals surface area contributed by atoms with E-state index in [1.54, 1.807) is 4.90 Å². The molecule has 0 saturated carbocycles. The molecule has 2 aromatic carbocycles. The number of carbonyl (C=O) groups is 1. The van der Waals surface area contributed by atoms with Crippen molar-refractivity contribution in [2.75, 3.05) is 36.4 Å². The molecule has 1 fully saturated rings. The standard InChI is InChI=1S/C17H17ClN4O3/c18-15-3-1-2-4-16(15)20-9-11-21(12-10-20)17(23)19-13-5-7-14(8-6-13)22(24)25/h1-8H,9-12H2,(H,19,23). The van der Waals surface area contributed by atoms with Gasteiger partial charge >= 0.3 is 6.03 Å². The van der Waals surface area contributed by atoms with Crippen molar-refractivity contribution in [1.82, 2.24) is 4.90 Å². The Morgan fingerprint density at radius 3 is 2.28 bits per heavy atom. The summed E-state index contributed by atoms with van der Waals surface area (Å²) in [4.78, 5) is 26.4. The van der Waals surface area contributed by atoms with Crippen LogP contribution in [0.15, 0.2) is 48.5 Å². The van der Waals surface area contributed by atoms with Gasteiger partial charge in [0.25, 0.3) is 5.69 Å². The average molecular weight is 361 g/mol. The molecular formula is C17H17ClN4O3. The molecule has 0 spiro atoms. The highest BCUT2D eigenvalue weighted by atomic mass is 35.5. The molecule has 2 amide bonds. The Balaban J connectivity index is 1.56. The molecule has 0 aliphatic carbocycles. The quantitative estimate of drug-likeness (QED) is 0.670. The molecule has 1 aliphatic heterocycles. The number of amides is 2. The summed E-state index contributed by atoms with van der Waals surface area (Å²) in [5.74, 6) is 0. The second kappa shape index (κ2) is 7.40. The fraction of sp³-hybridized carbons (Fsp3) is 0.235. The third kappa shape index (κ3) is 4.00. The molecule has 1 N–H and O–H groups in total. The first-order valence-corrected chi connectivity index (χ1v) is 8.22. The maximum Gasteiger partial charge on any atom is 0.321 e. The molecule has 8 heteroatoms. The normalized spacial score (nSPS) is 14.3. The number of carbonyl (C=O) groups excluding carboxylic acids is 1. The van der Waals surface area contributed by atoms with Gasteiger partial charge < -0.3 is 15.1 Å². The van der Waals surface area contributed by atoms with E-state index in [0.29, 0.717) is 36.9 Å². The Kier molecular flexibility index (Phi) is 5.04. The van der Waals surface area contributed by atoms with Crippen LogP contribution in [0, 0.1) is 10.1 Å². The van der Waals surface area contributed by atoms with Gasteiger partial charge in [-0.3, -0.25) is 10.1 Å². The molecule has 0 atom stereocenters. The number of nitrogens with zero attached hydrogens (tertiary/aromatic N) is 3. The summed E-state index contributed by atoms with van der Waals surface area (Å²) in [7, 11) is 0. The molecule has 0 radical (unpaired) electrons. The minimum Gasteiger partial charge on any atom is -0.367 e. The van der Waals surface area contributed by atoms with Gasteiger partial charge in [-0.2, -0.15) is 0 Å². The van der Waals surface area contributed by atoms with Crippen LogP contribution in [0.3, 0.4) is 0 Å². The SMILES string of the molecule is O=C(Nc1ccc([N+](=O)[O-])cc1)N1CCN(c2ccccc2Cl)CC1. The predicted octanol–water partition coefficient (Wildman–Crippen LogP) is 3.60. The molecule has 0 bridgehead atoms. The molecule has 2 aromatic rings. The summed E-state index contributed by atoms with van der Waals surface area (Å²) in [6, 6.07) is 13.2. The van der Waals surface area contributed by atoms with Crippen molar-refractivity contribution in [3.05, 3.63) is 63.7 Å². The molecule has 1 saturated heterocycles. The smallest absolute Gasteiger partial charge is 0.321 e. The van der Waals surface area contributed by atoms with E-state index in [1.165, 1.54) is 24.3 Å². The maximum absolute atomic E-state index is 12.3. The summed E-state index contributed by atoms with van der Waals surface area (Å²) in [5, 5.41) is 14.1. The molecule has 7 nitrogen and oxygen atoms in total. The van der Waals surface area contributed by atoms with Gasteiger partial charge in [-0.05, 0) is 24.3 Å². The highest BCUT2D eigenvalue weighted by Crippen LogP contribution is 2.26. The van der Waals surface area contributed by atoms with E-state index in [-0.39, 0.29) is 11.7 Å². The number of nitro groups is 1. The minimum absolute atomic E-state index is 0.00801. The Labute approximate surface area is 149 Å². The number of urea groups is 1. The number of benzene rings is 2. The zero-order valence-electron chi connectivity index (χ0n) is 13.4. The zero-order valence-corrected chi connectivity index (χ0v) is 14.1. The molecule has 25 heavy (non-hydrogen) atoms. The molecule has 1 aliphatic rings. The lowest BCUT2D eigenvalue weighted by atomic mass is 10.2. The predicted molar refractivity (Wildman–Crippen MR) is 97.4 cm³/mol. The van der Waals surface area contributed by atoms with Crippen LogP contribution in [-0.4, -0.2) is 42.0 Å². The van der Waals surface area contributed by atoms with Gasteiger partial charge in [-0.15, -0.1) is 0 Å². The Bertz CT molecular complexity index is 774. The zero-order chi connectivity index (χ0) is 17.8. The van der Waals surface area contributed by atoms with E-state index in [9.17, 15) is 14.9 Å². The number of non-ortho nitro benzene ring substituents is 1. The number of hydrogen-bond donors (Lipinski definition) is 1. The number of piperazine rings is 1. The van der Waals surface area contributed by atoms with E-state index < -0.39 is 4.92 Å². The van der Waals surface area contributed by atoms with E-state index in [1.807, 2.05) is 24.3 Å². The number of rotatable bonds is 3. The lowest BCUT2D eigenvalue weighted by Crippen LogP contribution is -2.50. The van der Waals surface area contributed by atoms with Crippen LogP contribution in [-0.2, 0) is 0 Å². The largest absolute Gasteiger partial charge is 0.367 e. The molecule has 130 valence electrons. The second-order valence-corrected chi connectivity index (χ2v) is 6.07. The number of halogens is 1. The Morgan fingerprint density at radius 1 is 1.04 bits per heavy atom.